The van der Waals surface area contributed by atoms with Crippen LogP contribution in [0.2, 0.25) is 0 Å². The van der Waals surface area contributed by atoms with Crippen molar-refractivity contribution < 1.29 is 33.4 Å². The van der Waals surface area contributed by atoms with E-state index in [0.29, 0.717) is 24.8 Å². The number of H-pyrrole nitrogens is 1. The average molecular weight is 480 g/mol. The summed E-state index contributed by atoms with van der Waals surface area (Å²) in [5, 5.41) is 20.4. The molecule has 5 N–H and O–H groups in total. The molecule has 0 aliphatic carbocycles. The summed E-state index contributed by atoms with van der Waals surface area (Å²) >= 11 is 0. The summed E-state index contributed by atoms with van der Waals surface area (Å²) in [5.41, 5.74) is 3.61. The van der Waals surface area contributed by atoms with Crippen molar-refractivity contribution in [1.29, 1.82) is 0 Å². The van der Waals surface area contributed by atoms with Crippen LogP contribution in [0.1, 0.15) is 47.8 Å². The highest BCUT2D eigenvalue weighted by molar-refractivity contribution is 6.35. The second-order valence-corrected chi connectivity index (χ2v) is 7.49. The minimum atomic E-state index is -1.05. The summed E-state index contributed by atoms with van der Waals surface area (Å²) in [5.74, 6) is -2.60. The Kier molecular flexibility index (Phi) is 11.3. The van der Waals surface area contributed by atoms with E-state index in [-0.39, 0.29) is 29.2 Å². The first-order chi connectivity index (χ1) is 16.1. The minimum absolute atomic E-state index is 0.0615. The molecule has 1 atom stereocenters. The van der Waals surface area contributed by atoms with E-state index in [1.165, 1.54) is 12.1 Å². The Morgan fingerprint density at radius 1 is 1.24 bits per heavy atom. The van der Waals surface area contributed by atoms with Crippen LogP contribution in [0.15, 0.2) is 12.1 Å². The highest BCUT2D eigenvalue weighted by Gasteiger charge is 2.29. The Labute approximate surface area is 197 Å². The predicted octanol–water partition coefficient (Wildman–Crippen LogP) is 2.65. The first-order valence-corrected chi connectivity index (χ1v) is 10.6. The maximum absolute atomic E-state index is 14.2. The zero-order valence-corrected chi connectivity index (χ0v) is 19.9. The number of aldehydes is 1. The number of aliphatic hydroxyl groups is 2. The van der Waals surface area contributed by atoms with Gasteiger partial charge >= 0.3 is 0 Å². The molecule has 1 aromatic carbocycles. The zero-order valence-electron chi connectivity index (χ0n) is 19.9. The number of carbonyl (C=O) groups excluding carboxylic acids is 3. The highest BCUT2D eigenvalue weighted by Crippen LogP contribution is 2.36. The molecule has 0 radical (unpaired) electrons. The Hall–Kier alpha value is -3.37. The molecule has 0 fully saturated rings. The molecule has 3 rings (SSSR count). The predicted molar refractivity (Wildman–Crippen MR) is 126 cm³/mol. The third-order valence-corrected chi connectivity index (χ3v) is 5.10. The lowest BCUT2D eigenvalue weighted by Gasteiger charge is -2.03. The van der Waals surface area contributed by atoms with Crippen LogP contribution in [0.25, 0.3) is 11.6 Å². The van der Waals surface area contributed by atoms with Gasteiger partial charge in [0.05, 0.1) is 17.4 Å². The van der Waals surface area contributed by atoms with Crippen molar-refractivity contribution in [2.45, 2.75) is 46.1 Å². The molecule has 1 aromatic heterocycles. The Morgan fingerprint density at radius 3 is 2.41 bits per heavy atom. The normalized spacial score (nSPS) is 13.7. The number of anilines is 1. The van der Waals surface area contributed by atoms with Gasteiger partial charge in [0.15, 0.2) is 11.6 Å². The fourth-order valence-electron chi connectivity index (χ4n) is 3.34. The quantitative estimate of drug-likeness (QED) is 0.321. The number of hydrogen-bond acceptors (Lipinski definition) is 5. The third-order valence-electron chi connectivity index (χ3n) is 5.10. The Morgan fingerprint density at radius 2 is 1.88 bits per heavy atom. The lowest BCUT2D eigenvalue weighted by molar-refractivity contribution is -0.120. The van der Waals surface area contributed by atoms with Crippen LogP contribution in [0.4, 0.5) is 14.5 Å². The summed E-state index contributed by atoms with van der Waals surface area (Å²) in [4.78, 5) is 36.3. The molecule has 2 amide bonds. The fraction of sp³-hybridized carbons (Fsp3) is 0.375. The second-order valence-electron chi connectivity index (χ2n) is 7.49. The van der Waals surface area contributed by atoms with E-state index < -0.39 is 23.6 Å². The Bertz CT molecular complexity index is 1060. The number of aryl methyl sites for hydroxylation is 1. The molecule has 1 aliphatic heterocycles. The fourth-order valence-corrected chi connectivity index (χ4v) is 3.34. The van der Waals surface area contributed by atoms with E-state index in [2.05, 4.69) is 15.6 Å². The molecule has 2 aromatic rings. The van der Waals surface area contributed by atoms with Gasteiger partial charge in [0.1, 0.15) is 6.29 Å². The summed E-state index contributed by atoms with van der Waals surface area (Å²) in [6.07, 6.45) is 2.89. The smallest absolute Gasteiger partial charge is 0.256 e. The molecule has 0 saturated carbocycles. The number of aromatic amines is 1. The molecule has 1 unspecified atom stereocenters. The van der Waals surface area contributed by atoms with Crippen molar-refractivity contribution in [2.75, 3.05) is 19.5 Å². The second kappa shape index (κ2) is 13.4. The van der Waals surface area contributed by atoms with Gasteiger partial charge < -0.3 is 30.6 Å². The van der Waals surface area contributed by atoms with Crippen molar-refractivity contribution >= 4 is 35.4 Å². The molecule has 2 heterocycles. The lowest BCUT2D eigenvalue weighted by Crippen LogP contribution is -2.18. The SMILES string of the molecule is CC(O)CC=O.CNC(=O)CCc1c(C)[nH]c(/C=C2\C(=O)Nc3ccc(F)c(F)c32)c1C.CO. The molecule has 1 aliphatic rings. The van der Waals surface area contributed by atoms with E-state index in [9.17, 15) is 23.2 Å². The van der Waals surface area contributed by atoms with Crippen LogP contribution in [0.3, 0.4) is 0 Å². The molecule has 0 saturated heterocycles. The molecule has 34 heavy (non-hydrogen) atoms. The molecule has 10 heteroatoms. The number of aromatic nitrogens is 1. The maximum atomic E-state index is 14.2. The summed E-state index contributed by atoms with van der Waals surface area (Å²) < 4.78 is 27.8. The van der Waals surface area contributed by atoms with E-state index in [1.54, 1.807) is 14.0 Å². The van der Waals surface area contributed by atoms with Crippen LogP contribution in [0, 0.1) is 25.5 Å². The van der Waals surface area contributed by atoms with Crippen molar-refractivity contribution in [3.05, 3.63) is 51.8 Å². The number of fused-ring (bicyclic) bond motifs is 1. The first-order valence-electron chi connectivity index (χ1n) is 10.6. The average Bonchev–Trinajstić information content (AvgIpc) is 3.26. The van der Waals surface area contributed by atoms with Gasteiger partial charge in [-0.25, -0.2) is 8.78 Å². The topological polar surface area (TPSA) is 132 Å². The van der Waals surface area contributed by atoms with Crippen LogP contribution in [0.5, 0.6) is 0 Å². The summed E-state index contributed by atoms with van der Waals surface area (Å²) in [6, 6.07) is 2.33. The largest absolute Gasteiger partial charge is 0.400 e. The van der Waals surface area contributed by atoms with Gasteiger partial charge in [0.2, 0.25) is 5.91 Å². The monoisotopic (exact) mass is 479 g/mol. The van der Waals surface area contributed by atoms with Crippen molar-refractivity contribution in [3.8, 4) is 0 Å². The molecular weight excluding hydrogens is 448 g/mol. The number of amides is 2. The van der Waals surface area contributed by atoms with Gasteiger partial charge in [0.25, 0.3) is 5.91 Å². The molecular formula is C24H31F2N3O5. The molecule has 0 bridgehead atoms. The number of hydrogen-bond donors (Lipinski definition) is 5. The van der Waals surface area contributed by atoms with Crippen LogP contribution in [-0.2, 0) is 20.8 Å². The van der Waals surface area contributed by atoms with Gasteiger partial charge in [-0.3, -0.25) is 9.59 Å². The van der Waals surface area contributed by atoms with E-state index in [0.717, 1.165) is 30.0 Å². The molecule has 186 valence electrons. The number of aliphatic hydroxyl groups excluding tert-OH is 2. The van der Waals surface area contributed by atoms with Crippen molar-refractivity contribution in [3.63, 3.8) is 0 Å². The van der Waals surface area contributed by atoms with Crippen LogP contribution < -0.4 is 10.6 Å². The van der Waals surface area contributed by atoms with Gasteiger partial charge in [-0.1, -0.05) is 0 Å². The van der Waals surface area contributed by atoms with E-state index in [1.807, 2.05) is 13.8 Å². The van der Waals surface area contributed by atoms with Gasteiger partial charge in [-0.05, 0) is 56.5 Å². The first kappa shape index (κ1) is 28.7. The van der Waals surface area contributed by atoms with Gasteiger partial charge in [0, 0.05) is 44.0 Å². The molecule has 0 spiro atoms. The highest BCUT2D eigenvalue weighted by atomic mass is 19.2. The number of benzene rings is 1. The minimum Gasteiger partial charge on any atom is -0.400 e. The van der Waals surface area contributed by atoms with Crippen molar-refractivity contribution in [2.24, 2.45) is 0 Å². The number of rotatable bonds is 6. The van der Waals surface area contributed by atoms with Gasteiger partial charge in [-0.15, -0.1) is 0 Å². The van der Waals surface area contributed by atoms with Crippen LogP contribution >= 0.6 is 0 Å². The maximum Gasteiger partial charge on any atom is 0.256 e. The number of nitrogens with one attached hydrogen (secondary N) is 3. The van der Waals surface area contributed by atoms with E-state index in [4.69, 9.17) is 10.2 Å². The third kappa shape index (κ3) is 7.06. The Balaban J connectivity index is 0.000000631. The number of halogens is 2. The number of carbonyl (C=O) groups is 3. The molecule has 8 nitrogen and oxygen atoms in total. The lowest BCUT2D eigenvalue weighted by atomic mass is 10.0. The van der Waals surface area contributed by atoms with E-state index >= 15 is 0 Å². The standard InChI is InChI=1S/C19H19F2N3O2.C4H8O2.CH4O/c1-9-11(4-7-16(25)22-3)10(2)23-15(9)8-12-17-14(24-19(12)26)6-5-13(20)18(17)21;1-4(6)2-3-5;1-2/h5-6,8,23H,4,7H2,1-3H3,(H,22,25)(H,24,26);3-4,6H,2H2,1H3;2H,1H3/b12-8-;;. The van der Waals surface area contributed by atoms with Crippen molar-refractivity contribution in [1.82, 2.24) is 10.3 Å². The summed E-state index contributed by atoms with van der Waals surface area (Å²) in [7, 11) is 2.58. The van der Waals surface area contributed by atoms with Crippen LogP contribution in [-0.4, -0.2) is 53.6 Å². The van der Waals surface area contributed by atoms with Gasteiger partial charge in [-0.2, -0.15) is 0 Å². The zero-order chi connectivity index (χ0) is 26.0. The summed E-state index contributed by atoms with van der Waals surface area (Å²) in [6.45, 7) is 5.32.